The van der Waals surface area contributed by atoms with E-state index in [-0.39, 0.29) is 11.8 Å². The fraction of sp³-hybridized carbons (Fsp3) is 0.235. The molecule has 23 heavy (non-hydrogen) atoms. The Morgan fingerprint density at radius 2 is 1.91 bits per heavy atom. The molecule has 2 aromatic rings. The number of benzene rings is 1. The Morgan fingerprint density at radius 1 is 1.17 bits per heavy atom. The van der Waals surface area contributed by atoms with Crippen LogP contribution in [0.4, 0.5) is 5.69 Å². The predicted molar refractivity (Wildman–Crippen MR) is 87.9 cm³/mol. The minimum atomic E-state index is -0.283. The van der Waals surface area contributed by atoms with E-state index >= 15 is 0 Å². The summed E-state index contributed by atoms with van der Waals surface area (Å²) in [5.74, 6) is -0.0243. The molecule has 1 aromatic heterocycles. The lowest BCUT2D eigenvalue weighted by atomic mass is 10.1. The SMILES string of the molecule is COc1ccc(NC(=O)c2cncc(C)c2)cc1C(=O)N(C)C. The summed E-state index contributed by atoms with van der Waals surface area (Å²) < 4.78 is 5.21. The molecule has 0 radical (unpaired) electrons. The highest BCUT2D eigenvalue weighted by Crippen LogP contribution is 2.24. The molecule has 0 aliphatic heterocycles. The van der Waals surface area contributed by atoms with Gasteiger partial charge in [0.15, 0.2) is 0 Å². The molecule has 0 unspecified atom stereocenters. The monoisotopic (exact) mass is 313 g/mol. The largest absolute Gasteiger partial charge is 0.496 e. The molecule has 2 rings (SSSR count). The summed E-state index contributed by atoms with van der Waals surface area (Å²) in [5.41, 5.74) is 2.26. The number of methoxy groups -OCH3 is 1. The highest BCUT2D eigenvalue weighted by molar-refractivity contribution is 6.05. The number of nitrogens with one attached hydrogen (secondary N) is 1. The van der Waals surface area contributed by atoms with Crippen molar-refractivity contribution in [3.63, 3.8) is 0 Å². The Morgan fingerprint density at radius 3 is 2.52 bits per heavy atom. The number of aryl methyl sites for hydroxylation is 1. The van der Waals surface area contributed by atoms with E-state index in [4.69, 9.17) is 4.74 Å². The van der Waals surface area contributed by atoms with E-state index < -0.39 is 0 Å². The van der Waals surface area contributed by atoms with Crippen LogP contribution in [0, 0.1) is 6.92 Å². The summed E-state index contributed by atoms with van der Waals surface area (Å²) in [7, 11) is 4.81. The van der Waals surface area contributed by atoms with Crippen LogP contribution in [0.25, 0.3) is 0 Å². The lowest BCUT2D eigenvalue weighted by Gasteiger charge is -2.15. The number of rotatable bonds is 4. The van der Waals surface area contributed by atoms with Gasteiger partial charge in [0.1, 0.15) is 5.75 Å². The first-order valence-electron chi connectivity index (χ1n) is 7.05. The quantitative estimate of drug-likeness (QED) is 0.940. The topological polar surface area (TPSA) is 71.5 Å². The average Bonchev–Trinajstić information content (AvgIpc) is 2.53. The average molecular weight is 313 g/mol. The van der Waals surface area contributed by atoms with Crippen LogP contribution in [0.15, 0.2) is 36.7 Å². The third-order valence-electron chi connectivity index (χ3n) is 3.23. The van der Waals surface area contributed by atoms with E-state index in [0.717, 1.165) is 5.56 Å². The molecule has 0 bridgehead atoms. The fourth-order valence-electron chi connectivity index (χ4n) is 2.08. The van der Waals surface area contributed by atoms with E-state index in [1.165, 1.54) is 18.2 Å². The Balaban J connectivity index is 2.28. The Hall–Kier alpha value is -2.89. The minimum Gasteiger partial charge on any atom is -0.496 e. The van der Waals surface area contributed by atoms with Gasteiger partial charge in [0.25, 0.3) is 11.8 Å². The molecule has 0 saturated heterocycles. The van der Waals surface area contributed by atoms with E-state index in [2.05, 4.69) is 10.3 Å². The number of aromatic nitrogens is 1. The molecule has 1 heterocycles. The number of pyridine rings is 1. The van der Waals surface area contributed by atoms with Crippen LogP contribution in [-0.4, -0.2) is 42.9 Å². The number of carbonyl (C=O) groups is 2. The van der Waals surface area contributed by atoms with Gasteiger partial charge in [0, 0.05) is 32.2 Å². The van der Waals surface area contributed by atoms with Crippen molar-refractivity contribution in [2.24, 2.45) is 0 Å². The minimum absolute atomic E-state index is 0.199. The van der Waals surface area contributed by atoms with Crippen LogP contribution in [-0.2, 0) is 0 Å². The van der Waals surface area contributed by atoms with Crippen molar-refractivity contribution in [1.29, 1.82) is 0 Å². The smallest absolute Gasteiger partial charge is 0.257 e. The van der Waals surface area contributed by atoms with Gasteiger partial charge in [-0.1, -0.05) is 0 Å². The van der Waals surface area contributed by atoms with Crippen molar-refractivity contribution >= 4 is 17.5 Å². The molecule has 6 nitrogen and oxygen atoms in total. The summed E-state index contributed by atoms with van der Waals surface area (Å²) in [4.78, 5) is 29.9. The number of amides is 2. The van der Waals surface area contributed by atoms with Crippen LogP contribution >= 0.6 is 0 Å². The molecule has 0 aliphatic rings. The summed E-state index contributed by atoms with van der Waals surface area (Å²) in [6, 6.07) is 6.69. The van der Waals surface area contributed by atoms with Crippen molar-refractivity contribution in [2.75, 3.05) is 26.5 Å². The van der Waals surface area contributed by atoms with Gasteiger partial charge in [-0.2, -0.15) is 0 Å². The molecule has 0 atom stereocenters. The molecule has 6 heteroatoms. The zero-order chi connectivity index (χ0) is 17.0. The van der Waals surface area contributed by atoms with E-state index in [1.54, 1.807) is 44.6 Å². The van der Waals surface area contributed by atoms with Crippen LogP contribution in [0.2, 0.25) is 0 Å². The Labute approximate surface area is 135 Å². The Bertz CT molecular complexity index is 742. The van der Waals surface area contributed by atoms with Crippen molar-refractivity contribution in [1.82, 2.24) is 9.88 Å². The van der Waals surface area contributed by atoms with Gasteiger partial charge in [-0.15, -0.1) is 0 Å². The second-order valence-electron chi connectivity index (χ2n) is 5.32. The third kappa shape index (κ3) is 3.85. The van der Waals surface area contributed by atoms with Crippen LogP contribution in [0.5, 0.6) is 5.75 Å². The molecule has 2 amide bonds. The molecule has 1 aromatic carbocycles. The van der Waals surface area contributed by atoms with Gasteiger partial charge in [-0.25, -0.2) is 0 Å². The van der Waals surface area contributed by atoms with Gasteiger partial charge >= 0.3 is 0 Å². The maximum atomic E-state index is 12.3. The lowest BCUT2D eigenvalue weighted by Crippen LogP contribution is -2.22. The van der Waals surface area contributed by atoms with Crippen molar-refractivity contribution in [3.05, 3.63) is 53.3 Å². The molecular weight excluding hydrogens is 294 g/mol. The van der Waals surface area contributed by atoms with E-state index in [0.29, 0.717) is 22.6 Å². The molecule has 0 spiro atoms. The van der Waals surface area contributed by atoms with Gasteiger partial charge in [-0.3, -0.25) is 14.6 Å². The zero-order valence-electron chi connectivity index (χ0n) is 13.6. The summed E-state index contributed by atoms with van der Waals surface area (Å²) in [6.07, 6.45) is 3.18. The summed E-state index contributed by atoms with van der Waals surface area (Å²) >= 11 is 0. The molecule has 1 N–H and O–H groups in total. The molecular formula is C17H19N3O3. The first kappa shape index (κ1) is 16.5. The molecule has 0 aliphatic carbocycles. The maximum absolute atomic E-state index is 12.3. The lowest BCUT2D eigenvalue weighted by molar-refractivity contribution is 0.0824. The first-order valence-corrected chi connectivity index (χ1v) is 7.05. The van der Waals surface area contributed by atoms with Crippen LogP contribution in [0.1, 0.15) is 26.3 Å². The number of carbonyl (C=O) groups excluding carboxylic acids is 2. The van der Waals surface area contributed by atoms with E-state index in [9.17, 15) is 9.59 Å². The molecule has 120 valence electrons. The number of ether oxygens (including phenoxy) is 1. The standard InChI is InChI=1S/C17H19N3O3/c1-11-7-12(10-18-9-11)16(21)19-13-5-6-15(23-4)14(8-13)17(22)20(2)3/h5-10H,1-4H3,(H,19,21). The third-order valence-corrected chi connectivity index (χ3v) is 3.23. The summed E-state index contributed by atoms with van der Waals surface area (Å²) in [6.45, 7) is 1.87. The van der Waals surface area contributed by atoms with Gasteiger partial charge in [0.05, 0.1) is 18.2 Å². The number of hydrogen-bond acceptors (Lipinski definition) is 4. The number of nitrogens with zero attached hydrogens (tertiary/aromatic N) is 2. The van der Waals surface area contributed by atoms with Gasteiger partial charge in [0.2, 0.25) is 0 Å². The van der Waals surface area contributed by atoms with Gasteiger partial charge in [-0.05, 0) is 36.8 Å². The van der Waals surface area contributed by atoms with Crippen LogP contribution < -0.4 is 10.1 Å². The second-order valence-corrected chi connectivity index (χ2v) is 5.32. The Kier molecular flexibility index (Phi) is 4.95. The highest BCUT2D eigenvalue weighted by Gasteiger charge is 2.16. The maximum Gasteiger partial charge on any atom is 0.257 e. The molecule has 0 fully saturated rings. The van der Waals surface area contributed by atoms with Crippen LogP contribution in [0.3, 0.4) is 0 Å². The first-order chi connectivity index (χ1) is 10.9. The summed E-state index contributed by atoms with van der Waals surface area (Å²) in [5, 5.41) is 2.77. The van der Waals surface area contributed by atoms with Crippen molar-refractivity contribution in [3.8, 4) is 5.75 Å². The normalized spacial score (nSPS) is 10.1. The van der Waals surface area contributed by atoms with Crippen molar-refractivity contribution in [2.45, 2.75) is 6.92 Å². The van der Waals surface area contributed by atoms with Crippen molar-refractivity contribution < 1.29 is 14.3 Å². The number of anilines is 1. The number of hydrogen-bond donors (Lipinski definition) is 1. The fourth-order valence-corrected chi connectivity index (χ4v) is 2.08. The molecule has 0 saturated carbocycles. The second kappa shape index (κ2) is 6.91. The predicted octanol–water partition coefficient (Wildman–Crippen LogP) is 2.35. The highest BCUT2D eigenvalue weighted by atomic mass is 16.5. The van der Waals surface area contributed by atoms with Gasteiger partial charge < -0.3 is 15.0 Å². The van der Waals surface area contributed by atoms with E-state index in [1.807, 2.05) is 6.92 Å². The zero-order valence-corrected chi connectivity index (χ0v) is 13.6.